The number of nitrogens with zero attached hydrogens (tertiary/aromatic N) is 1. The molecule has 0 aromatic heterocycles. The van der Waals surface area contributed by atoms with Crippen molar-refractivity contribution in [3.8, 4) is 5.75 Å². The number of methoxy groups -OCH3 is 1. The standard InChI is InChI=1S/C20H19ClN2O3/c1-26-16-5-2-4-14(12-16)7-10-19(24)22-18-13-15(8-9-17(18)21)23-11-3-6-20(23)25/h2,4-5,7-10,12-13H,3,6,11H2,1H3,(H,22,24)/b10-7+. The lowest BCUT2D eigenvalue weighted by molar-refractivity contribution is -0.117. The molecule has 3 rings (SSSR count). The maximum Gasteiger partial charge on any atom is 0.248 e. The molecular weight excluding hydrogens is 352 g/mol. The van der Waals surface area contributed by atoms with Crippen molar-refractivity contribution in [3.05, 3.63) is 59.1 Å². The summed E-state index contributed by atoms with van der Waals surface area (Å²) < 4.78 is 5.16. The maximum absolute atomic E-state index is 12.2. The molecule has 2 aromatic carbocycles. The van der Waals surface area contributed by atoms with Crippen molar-refractivity contribution in [3.63, 3.8) is 0 Å². The number of carbonyl (C=O) groups excluding carboxylic acids is 2. The van der Waals surface area contributed by atoms with Gasteiger partial charge in [-0.15, -0.1) is 0 Å². The molecule has 6 heteroatoms. The summed E-state index contributed by atoms with van der Waals surface area (Å²) in [6.45, 7) is 0.684. The fourth-order valence-corrected chi connectivity index (χ4v) is 2.95. The predicted octanol–water partition coefficient (Wildman–Crippen LogP) is 4.13. The lowest BCUT2D eigenvalue weighted by atomic mass is 10.2. The monoisotopic (exact) mass is 370 g/mol. The molecule has 1 saturated heterocycles. The minimum absolute atomic E-state index is 0.0857. The zero-order valence-electron chi connectivity index (χ0n) is 14.4. The van der Waals surface area contributed by atoms with Gasteiger partial charge in [-0.2, -0.15) is 0 Å². The zero-order chi connectivity index (χ0) is 18.5. The van der Waals surface area contributed by atoms with Crippen LogP contribution in [0.25, 0.3) is 6.08 Å². The van der Waals surface area contributed by atoms with Crippen molar-refractivity contribution in [2.75, 3.05) is 23.9 Å². The topological polar surface area (TPSA) is 58.6 Å². The van der Waals surface area contributed by atoms with Crippen LogP contribution >= 0.6 is 11.6 Å². The fourth-order valence-electron chi connectivity index (χ4n) is 2.79. The largest absolute Gasteiger partial charge is 0.497 e. The molecule has 1 fully saturated rings. The van der Waals surface area contributed by atoms with Crippen LogP contribution in [0.3, 0.4) is 0 Å². The Bertz CT molecular complexity index is 864. The highest BCUT2D eigenvalue weighted by molar-refractivity contribution is 6.34. The normalized spacial score (nSPS) is 14.1. The summed E-state index contributed by atoms with van der Waals surface area (Å²) in [5.74, 6) is 0.501. The lowest BCUT2D eigenvalue weighted by Crippen LogP contribution is -2.23. The fraction of sp³-hybridized carbons (Fsp3) is 0.200. The van der Waals surface area contributed by atoms with Crippen molar-refractivity contribution in [2.45, 2.75) is 12.8 Å². The zero-order valence-corrected chi connectivity index (χ0v) is 15.1. The van der Waals surface area contributed by atoms with Crippen molar-refractivity contribution >= 4 is 40.9 Å². The summed E-state index contributed by atoms with van der Waals surface area (Å²) in [6.07, 6.45) is 4.51. The Kier molecular flexibility index (Phi) is 5.58. The summed E-state index contributed by atoms with van der Waals surface area (Å²) in [6, 6.07) is 12.6. The van der Waals surface area contributed by atoms with Gasteiger partial charge < -0.3 is 15.0 Å². The number of ether oxygens (including phenoxy) is 1. The third-order valence-electron chi connectivity index (χ3n) is 4.11. The van der Waals surface area contributed by atoms with Crippen molar-refractivity contribution in [1.29, 1.82) is 0 Å². The minimum atomic E-state index is -0.306. The van der Waals surface area contributed by atoms with Crippen molar-refractivity contribution in [2.24, 2.45) is 0 Å². The van der Waals surface area contributed by atoms with Crippen LogP contribution in [0, 0.1) is 0 Å². The van der Waals surface area contributed by atoms with Gasteiger partial charge in [0.2, 0.25) is 11.8 Å². The average Bonchev–Trinajstić information content (AvgIpc) is 3.08. The molecule has 1 N–H and O–H groups in total. The highest BCUT2D eigenvalue weighted by Crippen LogP contribution is 2.30. The van der Waals surface area contributed by atoms with Crippen LogP contribution in [0.5, 0.6) is 5.75 Å². The van der Waals surface area contributed by atoms with Crippen LogP contribution in [-0.2, 0) is 9.59 Å². The van der Waals surface area contributed by atoms with E-state index in [9.17, 15) is 9.59 Å². The third kappa shape index (κ3) is 4.24. The van der Waals surface area contributed by atoms with Gasteiger partial charge in [-0.3, -0.25) is 9.59 Å². The van der Waals surface area contributed by atoms with E-state index >= 15 is 0 Å². The Labute approximate surface area is 157 Å². The molecule has 0 saturated carbocycles. The number of halogens is 1. The van der Waals surface area contributed by atoms with Crippen LogP contribution < -0.4 is 15.0 Å². The van der Waals surface area contributed by atoms with Gasteiger partial charge in [-0.1, -0.05) is 23.7 Å². The van der Waals surface area contributed by atoms with Crippen LogP contribution in [-0.4, -0.2) is 25.5 Å². The summed E-state index contributed by atoms with van der Waals surface area (Å²) in [4.78, 5) is 25.8. The molecule has 1 aliphatic rings. The second-order valence-corrected chi connectivity index (χ2v) is 6.32. The van der Waals surface area contributed by atoms with Crippen molar-refractivity contribution < 1.29 is 14.3 Å². The van der Waals surface area contributed by atoms with E-state index in [0.717, 1.165) is 23.4 Å². The van der Waals surface area contributed by atoms with Crippen LogP contribution in [0.15, 0.2) is 48.5 Å². The van der Waals surface area contributed by atoms with E-state index in [0.29, 0.717) is 23.7 Å². The number of hydrogen-bond donors (Lipinski definition) is 1. The number of rotatable bonds is 5. The van der Waals surface area contributed by atoms with Gasteiger partial charge in [-0.05, 0) is 48.4 Å². The summed E-state index contributed by atoms with van der Waals surface area (Å²) in [7, 11) is 1.59. The SMILES string of the molecule is COc1cccc(/C=C/C(=O)Nc2cc(N3CCCC3=O)ccc2Cl)c1. The third-order valence-corrected chi connectivity index (χ3v) is 4.44. The molecule has 0 atom stereocenters. The number of nitrogens with one attached hydrogen (secondary N) is 1. The highest BCUT2D eigenvalue weighted by Gasteiger charge is 2.22. The first-order valence-electron chi connectivity index (χ1n) is 8.30. The highest BCUT2D eigenvalue weighted by atomic mass is 35.5. The van der Waals surface area contributed by atoms with Gasteiger partial charge in [0.05, 0.1) is 17.8 Å². The Morgan fingerprint density at radius 2 is 2.12 bits per heavy atom. The number of amides is 2. The predicted molar refractivity (Wildman–Crippen MR) is 104 cm³/mol. The van der Waals surface area contributed by atoms with Crippen LogP contribution in [0.2, 0.25) is 5.02 Å². The molecule has 0 spiro atoms. The Morgan fingerprint density at radius 3 is 2.85 bits per heavy atom. The number of hydrogen-bond acceptors (Lipinski definition) is 3. The van der Waals surface area contributed by atoms with E-state index in [1.54, 1.807) is 36.3 Å². The Balaban J connectivity index is 1.72. The molecular formula is C20H19ClN2O3. The Hall–Kier alpha value is -2.79. The average molecular weight is 371 g/mol. The molecule has 1 heterocycles. The molecule has 2 amide bonds. The van der Waals surface area contributed by atoms with E-state index in [1.807, 2.05) is 24.3 Å². The van der Waals surface area contributed by atoms with E-state index in [1.165, 1.54) is 6.08 Å². The minimum Gasteiger partial charge on any atom is -0.497 e. The van der Waals surface area contributed by atoms with E-state index in [-0.39, 0.29) is 11.8 Å². The van der Waals surface area contributed by atoms with Gasteiger partial charge in [0.1, 0.15) is 5.75 Å². The van der Waals surface area contributed by atoms with E-state index in [4.69, 9.17) is 16.3 Å². The molecule has 0 unspecified atom stereocenters. The maximum atomic E-state index is 12.2. The smallest absolute Gasteiger partial charge is 0.248 e. The summed E-state index contributed by atoms with van der Waals surface area (Å²) >= 11 is 6.18. The molecule has 26 heavy (non-hydrogen) atoms. The van der Waals surface area contributed by atoms with Crippen LogP contribution in [0.1, 0.15) is 18.4 Å². The first-order valence-corrected chi connectivity index (χ1v) is 8.67. The second-order valence-electron chi connectivity index (χ2n) is 5.91. The molecule has 0 aliphatic carbocycles. The van der Waals surface area contributed by atoms with Gasteiger partial charge in [0.15, 0.2) is 0 Å². The quantitative estimate of drug-likeness (QED) is 0.805. The molecule has 2 aromatic rings. The first-order chi connectivity index (χ1) is 12.6. The van der Waals surface area contributed by atoms with E-state index < -0.39 is 0 Å². The first kappa shape index (κ1) is 18.0. The van der Waals surface area contributed by atoms with Gasteiger partial charge in [0, 0.05) is 24.7 Å². The summed E-state index contributed by atoms with van der Waals surface area (Å²) in [5, 5.41) is 3.18. The summed E-state index contributed by atoms with van der Waals surface area (Å²) in [5.41, 5.74) is 2.06. The van der Waals surface area contributed by atoms with E-state index in [2.05, 4.69) is 5.32 Å². The van der Waals surface area contributed by atoms with Crippen LogP contribution in [0.4, 0.5) is 11.4 Å². The molecule has 1 aliphatic heterocycles. The lowest BCUT2D eigenvalue weighted by Gasteiger charge is -2.17. The molecule has 0 radical (unpaired) electrons. The second kappa shape index (κ2) is 8.06. The molecule has 134 valence electrons. The molecule has 0 bridgehead atoms. The Morgan fingerprint density at radius 1 is 1.27 bits per heavy atom. The number of benzene rings is 2. The van der Waals surface area contributed by atoms with Crippen molar-refractivity contribution in [1.82, 2.24) is 0 Å². The molecule has 5 nitrogen and oxygen atoms in total. The van der Waals surface area contributed by atoms with Gasteiger partial charge in [-0.25, -0.2) is 0 Å². The number of carbonyl (C=O) groups is 2. The van der Waals surface area contributed by atoms with Gasteiger partial charge in [0.25, 0.3) is 0 Å². The number of anilines is 2. The van der Waals surface area contributed by atoms with Gasteiger partial charge >= 0.3 is 0 Å².